The van der Waals surface area contributed by atoms with Crippen LogP contribution in [0.4, 0.5) is 0 Å². The molecule has 1 aromatic rings. The average Bonchev–Trinajstić information content (AvgIpc) is 2.96. The van der Waals surface area contributed by atoms with E-state index in [1.165, 1.54) is 6.92 Å². The highest BCUT2D eigenvalue weighted by atomic mass is 16.6. The van der Waals surface area contributed by atoms with Crippen LogP contribution in [0.1, 0.15) is 44.2 Å². The van der Waals surface area contributed by atoms with Crippen LogP contribution in [0.3, 0.4) is 0 Å². The smallest absolute Gasteiger partial charge is 0.345 e. The fourth-order valence-corrected chi connectivity index (χ4v) is 4.79. The lowest BCUT2D eigenvalue weighted by atomic mass is 9.73. The summed E-state index contributed by atoms with van der Waals surface area (Å²) in [5.74, 6) is -0.386. The third-order valence-corrected chi connectivity index (χ3v) is 6.27. The van der Waals surface area contributed by atoms with Crippen molar-refractivity contribution in [1.29, 1.82) is 0 Å². The molecule has 1 fully saturated rings. The molecule has 1 saturated carbocycles. The molecule has 7 heteroatoms. The van der Waals surface area contributed by atoms with Crippen LogP contribution in [0.2, 0.25) is 0 Å². The molecule has 2 aliphatic rings. The molecule has 0 heterocycles. The van der Waals surface area contributed by atoms with E-state index in [4.69, 9.17) is 14.6 Å². The van der Waals surface area contributed by atoms with Gasteiger partial charge in [-0.25, -0.2) is 9.59 Å². The molecule has 7 nitrogen and oxygen atoms in total. The second-order valence-electron chi connectivity index (χ2n) is 8.38. The van der Waals surface area contributed by atoms with Gasteiger partial charge in [0.15, 0.2) is 12.7 Å². The molecule has 29 heavy (non-hydrogen) atoms. The van der Waals surface area contributed by atoms with E-state index in [2.05, 4.69) is 6.07 Å². The Morgan fingerprint density at radius 2 is 2.00 bits per heavy atom. The van der Waals surface area contributed by atoms with Crippen LogP contribution in [-0.4, -0.2) is 52.2 Å². The fourth-order valence-electron chi connectivity index (χ4n) is 4.79. The first kappa shape index (κ1) is 21.6. The van der Waals surface area contributed by atoms with E-state index in [1.54, 1.807) is 6.92 Å². The number of rotatable bonds is 8. The van der Waals surface area contributed by atoms with Crippen molar-refractivity contribution < 1.29 is 34.4 Å². The standard InChI is InChI=1S/C22H30O7/c1-12(23)6-7-16-17-8-14-4-3-5-20(18(14)9-15(17)10-19(16)24)28-11-21(25)29-13(2)22(26)27/h3-5,12-13,15-17,19,23-24H,6-11H2,1-2H3,(H,26,27)/t12-,13+,15-,16+,17-,19+/m0/s1. The highest BCUT2D eigenvalue weighted by molar-refractivity contribution is 5.78. The molecule has 3 rings (SSSR count). The Hall–Kier alpha value is -2.12. The van der Waals surface area contributed by atoms with Crippen molar-refractivity contribution in [3.8, 4) is 5.75 Å². The largest absolute Gasteiger partial charge is 0.482 e. The van der Waals surface area contributed by atoms with Gasteiger partial charge in [0, 0.05) is 0 Å². The number of ether oxygens (including phenoxy) is 2. The van der Waals surface area contributed by atoms with Gasteiger partial charge in [-0.1, -0.05) is 12.1 Å². The molecule has 2 aliphatic carbocycles. The number of carbonyl (C=O) groups is 2. The average molecular weight is 406 g/mol. The van der Waals surface area contributed by atoms with E-state index in [0.717, 1.165) is 36.8 Å². The van der Waals surface area contributed by atoms with Gasteiger partial charge in [-0.3, -0.25) is 0 Å². The summed E-state index contributed by atoms with van der Waals surface area (Å²) in [4.78, 5) is 22.6. The van der Waals surface area contributed by atoms with Gasteiger partial charge >= 0.3 is 11.9 Å². The van der Waals surface area contributed by atoms with E-state index >= 15 is 0 Å². The quantitative estimate of drug-likeness (QED) is 0.566. The van der Waals surface area contributed by atoms with Crippen LogP contribution in [0.25, 0.3) is 0 Å². The molecule has 160 valence electrons. The molecule has 0 aliphatic heterocycles. The lowest BCUT2D eigenvalue weighted by Gasteiger charge is -2.32. The molecule has 0 aromatic heterocycles. The van der Waals surface area contributed by atoms with Gasteiger partial charge in [-0.15, -0.1) is 0 Å². The van der Waals surface area contributed by atoms with Gasteiger partial charge in [0.25, 0.3) is 0 Å². The first-order valence-corrected chi connectivity index (χ1v) is 10.3. The third-order valence-electron chi connectivity index (χ3n) is 6.27. The normalized spacial score (nSPS) is 27.4. The lowest BCUT2D eigenvalue weighted by molar-refractivity contribution is -0.163. The summed E-state index contributed by atoms with van der Waals surface area (Å²) in [6.07, 6.45) is 1.95. The molecule has 0 saturated heterocycles. The van der Waals surface area contributed by atoms with Crippen LogP contribution in [0.15, 0.2) is 18.2 Å². The summed E-state index contributed by atoms with van der Waals surface area (Å²) >= 11 is 0. The summed E-state index contributed by atoms with van der Waals surface area (Å²) in [7, 11) is 0. The maximum absolute atomic E-state index is 11.8. The minimum Gasteiger partial charge on any atom is -0.482 e. The molecule has 6 atom stereocenters. The Kier molecular flexibility index (Phi) is 6.80. The third kappa shape index (κ3) is 5.08. The molecular formula is C22H30O7. The molecule has 0 unspecified atom stereocenters. The van der Waals surface area contributed by atoms with Crippen LogP contribution in [-0.2, 0) is 27.2 Å². The molecule has 0 radical (unpaired) electrons. The number of hydrogen-bond donors (Lipinski definition) is 3. The fraction of sp³-hybridized carbons (Fsp3) is 0.636. The highest BCUT2D eigenvalue weighted by Gasteiger charge is 2.44. The van der Waals surface area contributed by atoms with Crippen LogP contribution in [0, 0.1) is 17.8 Å². The van der Waals surface area contributed by atoms with Gasteiger partial charge in [0.05, 0.1) is 12.2 Å². The zero-order valence-corrected chi connectivity index (χ0v) is 16.9. The number of carboxylic acids is 1. The number of aliphatic hydroxyl groups excluding tert-OH is 2. The second kappa shape index (κ2) is 9.13. The van der Waals surface area contributed by atoms with Gasteiger partial charge in [-0.2, -0.15) is 0 Å². The van der Waals surface area contributed by atoms with E-state index in [1.807, 2.05) is 12.1 Å². The van der Waals surface area contributed by atoms with Crippen molar-refractivity contribution in [3.63, 3.8) is 0 Å². The summed E-state index contributed by atoms with van der Waals surface area (Å²) in [5, 5.41) is 29.0. The van der Waals surface area contributed by atoms with Crippen LogP contribution in [0.5, 0.6) is 5.75 Å². The number of esters is 1. The number of hydrogen-bond acceptors (Lipinski definition) is 6. The number of carbonyl (C=O) groups excluding carboxylic acids is 1. The first-order chi connectivity index (χ1) is 13.8. The number of aliphatic carboxylic acids is 1. The van der Waals surface area contributed by atoms with Crippen molar-refractivity contribution in [2.75, 3.05) is 6.61 Å². The monoisotopic (exact) mass is 406 g/mol. The minimum atomic E-state index is -1.21. The van der Waals surface area contributed by atoms with Crippen LogP contribution >= 0.6 is 0 Å². The van der Waals surface area contributed by atoms with Crippen molar-refractivity contribution in [2.45, 2.75) is 64.3 Å². The maximum Gasteiger partial charge on any atom is 0.345 e. The van der Waals surface area contributed by atoms with Crippen LogP contribution < -0.4 is 4.74 Å². The number of aliphatic hydroxyl groups is 2. The first-order valence-electron chi connectivity index (χ1n) is 10.3. The van der Waals surface area contributed by atoms with E-state index in [0.29, 0.717) is 24.0 Å². The maximum atomic E-state index is 11.8. The Bertz CT molecular complexity index is 745. The predicted octanol–water partition coefficient (Wildman–Crippen LogP) is 1.95. The Labute approximate surface area is 170 Å². The van der Waals surface area contributed by atoms with Gasteiger partial charge in [0.2, 0.25) is 0 Å². The van der Waals surface area contributed by atoms with Gasteiger partial charge < -0.3 is 24.8 Å². The minimum absolute atomic E-state index is 0.194. The van der Waals surface area contributed by atoms with Crippen molar-refractivity contribution in [3.05, 3.63) is 29.3 Å². The van der Waals surface area contributed by atoms with Crippen molar-refractivity contribution >= 4 is 11.9 Å². The Morgan fingerprint density at radius 3 is 2.69 bits per heavy atom. The summed E-state index contributed by atoms with van der Waals surface area (Å²) in [6.45, 7) is 2.73. The van der Waals surface area contributed by atoms with E-state index in [-0.39, 0.29) is 24.7 Å². The van der Waals surface area contributed by atoms with E-state index in [9.17, 15) is 19.8 Å². The topological polar surface area (TPSA) is 113 Å². The predicted molar refractivity (Wildman–Crippen MR) is 105 cm³/mol. The summed E-state index contributed by atoms with van der Waals surface area (Å²) < 4.78 is 10.5. The number of fused-ring (bicyclic) bond motifs is 2. The molecule has 0 amide bonds. The highest BCUT2D eigenvalue weighted by Crippen LogP contribution is 2.48. The number of benzene rings is 1. The molecule has 0 spiro atoms. The lowest BCUT2D eigenvalue weighted by Crippen LogP contribution is -2.28. The molecule has 0 bridgehead atoms. The Balaban J connectivity index is 1.66. The van der Waals surface area contributed by atoms with Crippen molar-refractivity contribution in [2.24, 2.45) is 17.8 Å². The molecule has 3 N–H and O–H groups in total. The Morgan fingerprint density at radius 1 is 1.24 bits per heavy atom. The SMILES string of the molecule is C[C@H](O)CC[C@@H]1[C@H]2Cc3cccc(OCC(=O)O[C@H](C)C(=O)O)c3C[C@H]2C[C@H]1O. The van der Waals surface area contributed by atoms with Crippen molar-refractivity contribution in [1.82, 2.24) is 0 Å². The van der Waals surface area contributed by atoms with Gasteiger partial charge in [-0.05, 0) is 80.9 Å². The zero-order chi connectivity index (χ0) is 21.1. The van der Waals surface area contributed by atoms with Gasteiger partial charge in [0.1, 0.15) is 5.75 Å². The molecular weight excluding hydrogens is 376 g/mol. The number of carboxylic acid groups (broad SMARTS) is 1. The summed E-state index contributed by atoms with van der Waals surface area (Å²) in [6, 6.07) is 5.75. The molecule has 1 aromatic carbocycles. The zero-order valence-electron chi connectivity index (χ0n) is 16.9. The summed E-state index contributed by atoms with van der Waals surface area (Å²) in [5.41, 5.74) is 2.21. The van der Waals surface area contributed by atoms with E-state index < -0.39 is 18.0 Å². The second-order valence-corrected chi connectivity index (χ2v) is 8.38.